The number of carbonyl (C=O) groups is 1. The number of carboxylic acids is 1. The number of hydrogen-bond donors (Lipinski definition) is 4. The lowest BCUT2D eigenvalue weighted by Crippen LogP contribution is -2.14. The molecule has 0 spiro atoms. The van der Waals surface area contributed by atoms with Crippen LogP contribution in [0.5, 0.6) is 0 Å². The molecular formula is C7H10N4O2. The number of rotatable bonds is 3. The van der Waals surface area contributed by atoms with E-state index < -0.39 is 5.97 Å². The Kier molecular flexibility index (Phi) is 2.53. The van der Waals surface area contributed by atoms with Crippen LogP contribution in [0.1, 0.15) is 0 Å². The summed E-state index contributed by atoms with van der Waals surface area (Å²) >= 11 is 0. The van der Waals surface area contributed by atoms with Gasteiger partial charge in [-0.3, -0.25) is 4.79 Å². The first-order valence-corrected chi connectivity index (χ1v) is 3.57. The predicted octanol–water partition coefficient (Wildman–Crippen LogP) is -0.258. The molecule has 13 heavy (non-hydrogen) atoms. The van der Waals surface area contributed by atoms with Crippen LogP contribution in [0.4, 0.5) is 17.2 Å². The van der Waals surface area contributed by atoms with Gasteiger partial charge in [0.1, 0.15) is 6.54 Å². The van der Waals surface area contributed by atoms with Crippen molar-refractivity contribution in [2.24, 2.45) is 0 Å². The molecule has 0 saturated heterocycles. The van der Waals surface area contributed by atoms with Crippen LogP contribution in [0, 0.1) is 0 Å². The number of pyridine rings is 1. The van der Waals surface area contributed by atoms with Crippen molar-refractivity contribution in [1.29, 1.82) is 0 Å². The number of nitrogens with two attached hydrogens (primary N) is 2. The van der Waals surface area contributed by atoms with Gasteiger partial charge in [0.15, 0.2) is 5.82 Å². The summed E-state index contributed by atoms with van der Waals surface area (Å²) in [6.07, 6.45) is 1.45. The molecule has 1 aromatic heterocycles. The summed E-state index contributed by atoms with van der Waals surface area (Å²) in [5.74, 6) is -0.689. The van der Waals surface area contributed by atoms with Gasteiger partial charge in [0.2, 0.25) is 0 Å². The van der Waals surface area contributed by atoms with Crippen LogP contribution in [0.3, 0.4) is 0 Å². The molecule has 0 aliphatic rings. The second-order valence-electron chi connectivity index (χ2n) is 2.41. The SMILES string of the molecule is Nc1ccnc(NCC(=O)O)c1N. The number of aromatic nitrogens is 1. The van der Waals surface area contributed by atoms with Gasteiger partial charge in [0.05, 0.1) is 11.4 Å². The second kappa shape index (κ2) is 3.61. The minimum Gasteiger partial charge on any atom is -0.480 e. The van der Waals surface area contributed by atoms with E-state index in [9.17, 15) is 4.79 Å². The van der Waals surface area contributed by atoms with E-state index in [1.54, 1.807) is 6.07 Å². The minimum atomic E-state index is -0.983. The lowest BCUT2D eigenvalue weighted by Gasteiger charge is -2.06. The maximum absolute atomic E-state index is 10.2. The molecule has 1 aromatic rings. The van der Waals surface area contributed by atoms with Crippen LogP contribution in [-0.2, 0) is 4.79 Å². The lowest BCUT2D eigenvalue weighted by atomic mass is 10.3. The molecular weight excluding hydrogens is 172 g/mol. The molecule has 0 aliphatic carbocycles. The molecule has 0 unspecified atom stereocenters. The molecule has 0 radical (unpaired) electrons. The molecule has 6 nitrogen and oxygen atoms in total. The van der Waals surface area contributed by atoms with Crippen molar-refractivity contribution >= 4 is 23.2 Å². The molecule has 6 N–H and O–H groups in total. The van der Waals surface area contributed by atoms with Crippen molar-refractivity contribution < 1.29 is 9.90 Å². The van der Waals surface area contributed by atoms with Gasteiger partial charge in [0, 0.05) is 6.20 Å². The van der Waals surface area contributed by atoms with Crippen molar-refractivity contribution in [2.75, 3.05) is 23.3 Å². The Balaban J connectivity index is 2.77. The zero-order chi connectivity index (χ0) is 9.84. The molecule has 1 rings (SSSR count). The third-order valence-corrected chi connectivity index (χ3v) is 1.43. The maximum atomic E-state index is 10.2. The normalized spacial score (nSPS) is 9.54. The zero-order valence-corrected chi connectivity index (χ0v) is 6.82. The third kappa shape index (κ3) is 2.22. The summed E-state index contributed by atoms with van der Waals surface area (Å²) in [6, 6.07) is 1.54. The van der Waals surface area contributed by atoms with Crippen LogP contribution in [0.25, 0.3) is 0 Å². The minimum absolute atomic E-state index is 0.235. The second-order valence-corrected chi connectivity index (χ2v) is 2.41. The number of aliphatic carboxylic acids is 1. The highest BCUT2D eigenvalue weighted by Gasteiger charge is 2.04. The van der Waals surface area contributed by atoms with E-state index in [0.29, 0.717) is 11.5 Å². The first kappa shape index (κ1) is 9.11. The number of anilines is 3. The van der Waals surface area contributed by atoms with E-state index >= 15 is 0 Å². The monoisotopic (exact) mass is 182 g/mol. The van der Waals surface area contributed by atoms with Crippen LogP contribution in [0.2, 0.25) is 0 Å². The molecule has 0 atom stereocenters. The molecule has 0 saturated carbocycles. The Hall–Kier alpha value is -1.98. The summed E-state index contributed by atoms with van der Waals surface area (Å²) < 4.78 is 0. The van der Waals surface area contributed by atoms with Crippen LogP contribution < -0.4 is 16.8 Å². The molecule has 0 fully saturated rings. The molecule has 70 valence electrons. The highest BCUT2D eigenvalue weighted by molar-refractivity contribution is 5.79. The first-order valence-electron chi connectivity index (χ1n) is 3.57. The Bertz CT molecular complexity index is 326. The molecule has 0 bridgehead atoms. The lowest BCUT2D eigenvalue weighted by molar-refractivity contribution is -0.134. The highest BCUT2D eigenvalue weighted by atomic mass is 16.4. The van der Waals surface area contributed by atoms with E-state index in [-0.39, 0.29) is 12.2 Å². The van der Waals surface area contributed by atoms with E-state index in [4.69, 9.17) is 16.6 Å². The van der Waals surface area contributed by atoms with Crippen molar-refractivity contribution in [3.05, 3.63) is 12.3 Å². The van der Waals surface area contributed by atoms with Crippen molar-refractivity contribution in [3.63, 3.8) is 0 Å². The van der Waals surface area contributed by atoms with E-state index in [2.05, 4.69) is 10.3 Å². The van der Waals surface area contributed by atoms with Gasteiger partial charge in [-0.1, -0.05) is 0 Å². The fourth-order valence-electron chi connectivity index (χ4n) is 0.788. The number of hydrogen-bond acceptors (Lipinski definition) is 5. The van der Waals surface area contributed by atoms with Crippen LogP contribution >= 0.6 is 0 Å². The number of nitrogens with one attached hydrogen (secondary N) is 1. The summed E-state index contributed by atoms with van der Waals surface area (Å²) in [5.41, 5.74) is 11.6. The van der Waals surface area contributed by atoms with Gasteiger partial charge in [-0.05, 0) is 6.07 Å². The fourth-order valence-corrected chi connectivity index (χ4v) is 0.788. The maximum Gasteiger partial charge on any atom is 0.322 e. The van der Waals surface area contributed by atoms with E-state index in [1.807, 2.05) is 0 Å². The fraction of sp³-hybridized carbons (Fsp3) is 0.143. The zero-order valence-electron chi connectivity index (χ0n) is 6.82. The van der Waals surface area contributed by atoms with Gasteiger partial charge in [-0.2, -0.15) is 0 Å². The van der Waals surface area contributed by atoms with Gasteiger partial charge in [0.25, 0.3) is 0 Å². The van der Waals surface area contributed by atoms with Gasteiger partial charge in [-0.15, -0.1) is 0 Å². The first-order chi connectivity index (χ1) is 6.11. The van der Waals surface area contributed by atoms with E-state index in [0.717, 1.165) is 0 Å². The van der Waals surface area contributed by atoms with Crippen molar-refractivity contribution in [1.82, 2.24) is 4.98 Å². The van der Waals surface area contributed by atoms with Crippen molar-refractivity contribution in [3.8, 4) is 0 Å². The Morgan fingerprint density at radius 2 is 2.31 bits per heavy atom. The standard InChI is InChI=1S/C7H10N4O2/c8-4-1-2-10-7(6(4)9)11-3-5(12)13/h1-2H,3,9H2,(H,12,13)(H3,8,10,11). The average molecular weight is 182 g/mol. The summed E-state index contributed by atoms with van der Waals surface area (Å²) in [6.45, 7) is -0.235. The molecule has 6 heteroatoms. The van der Waals surface area contributed by atoms with Gasteiger partial charge < -0.3 is 21.9 Å². The van der Waals surface area contributed by atoms with Crippen LogP contribution in [-0.4, -0.2) is 22.6 Å². The smallest absolute Gasteiger partial charge is 0.322 e. The number of nitrogen functional groups attached to an aromatic ring is 2. The van der Waals surface area contributed by atoms with Crippen LogP contribution in [0.15, 0.2) is 12.3 Å². The number of nitrogens with zero attached hydrogens (tertiary/aromatic N) is 1. The highest BCUT2D eigenvalue weighted by Crippen LogP contribution is 2.20. The Morgan fingerprint density at radius 1 is 1.62 bits per heavy atom. The third-order valence-electron chi connectivity index (χ3n) is 1.43. The molecule has 0 aromatic carbocycles. The Morgan fingerprint density at radius 3 is 2.92 bits per heavy atom. The largest absolute Gasteiger partial charge is 0.480 e. The quantitative estimate of drug-likeness (QED) is 0.512. The van der Waals surface area contributed by atoms with Gasteiger partial charge >= 0.3 is 5.97 Å². The molecule has 0 aliphatic heterocycles. The summed E-state index contributed by atoms with van der Waals surface area (Å²) in [4.78, 5) is 14.0. The summed E-state index contributed by atoms with van der Waals surface area (Å²) in [5, 5.41) is 10.9. The van der Waals surface area contributed by atoms with Crippen molar-refractivity contribution in [2.45, 2.75) is 0 Å². The number of carboxylic acid groups (broad SMARTS) is 1. The van der Waals surface area contributed by atoms with Gasteiger partial charge in [-0.25, -0.2) is 4.98 Å². The predicted molar refractivity (Wildman–Crippen MR) is 49.2 cm³/mol. The topological polar surface area (TPSA) is 114 Å². The average Bonchev–Trinajstić information content (AvgIpc) is 2.07. The molecule has 0 amide bonds. The van der Waals surface area contributed by atoms with E-state index in [1.165, 1.54) is 6.20 Å². The Labute approximate surface area is 74.6 Å². The molecule has 1 heterocycles. The summed E-state index contributed by atoms with van der Waals surface area (Å²) in [7, 11) is 0.